The van der Waals surface area contributed by atoms with E-state index in [2.05, 4.69) is 0 Å². The van der Waals surface area contributed by atoms with Crippen molar-refractivity contribution < 1.29 is 28.5 Å². The lowest BCUT2D eigenvalue weighted by atomic mass is 9.97. The highest BCUT2D eigenvalue weighted by atomic mass is 16.7. The van der Waals surface area contributed by atoms with Gasteiger partial charge in [0.15, 0.2) is 22.8 Å². The van der Waals surface area contributed by atoms with Crippen molar-refractivity contribution in [2.24, 2.45) is 0 Å². The molecular formula is C22H18O7. The molecule has 0 unspecified atom stereocenters. The van der Waals surface area contributed by atoms with Crippen LogP contribution in [0.15, 0.2) is 39.7 Å². The Balaban J connectivity index is 1.78. The van der Waals surface area contributed by atoms with Gasteiger partial charge in [-0.25, -0.2) is 0 Å². The first-order chi connectivity index (χ1) is 13.9. The van der Waals surface area contributed by atoms with Crippen molar-refractivity contribution in [3.8, 4) is 39.9 Å². The zero-order valence-electron chi connectivity index (χ0n) is 16.1. The molecule has 0 radical (unpaired) electrons. The molecule has 0 fully saturated rings. The number of phenolic OH excluding ortho intramolecular Hbond substituents is 1. The molecule has 3 heterocycles. The van der Waals surface area contributed by atoms with Crippen molar-refractivity contribution in [3.05, 3.63) is 46.3 Å². The maximum Gasteiger partial charge on any atom is 0.231 e. The number of fused-ring (bicyclic) bond motifs is 3. The summed E-state index contributed by atoms with van der Waals surface area (Å²) in [5, 5.41) is 10.9. The SMILES string of the molecule is COc1c2c(c(O)c3c(=O)c(-c4ccc5c(c4)OCO5)coc13)C=CC(C)(C)O2. The molecule has 0 bridgehead atoms. The second-order valence-corrected chi connectivity index (χ2v) is 7.41. The maximum atomic E-state index is 13.3. The van der Waals surface area contributed by atoms with Crippen LogP contribution in [0, 0.1) is 0 Å². The van der Waals surface area contributed by atoms with Crippen molar-refractivity contribution in [1.82, 2.24) is 0 Å². The van der Waals surface area contributed by atoms with E-state index in [1.807, 2.05) is 19.9 Å². The van der Waals surface area contributed by atoms with Crippen LogP contribution in [0.3, 0.4) is 0 Å². The van der Waals surface area contributed by atoms with Gasteiger partial charge in [0, 0.05) is 0 Å². The van der Waals surface area contributed by atoms with Gasteiger partial charge < -0.3 is 28.5 Å². The Morgan fingerprint density at radius 3 is 2.76 bits per heavy atom. The van der Waals surface area contributed by atoms with E-state index in [0.29, 0.717) is 28.4 Å². The second-order valence-electron chi connectivity index (χ2n) is 7.41. The summed E-state index contributed by atoms with van der Waals surface area (Å²) in [5.74, 6) is 1.55. The molecule has 1 aromatic heterocycles. The van der Waals surface area contributed by atoms with Crippen molar-refractivity contribution in [3.63, 3.8) is 0 Å². The quantitative estimate of drug-likeness (QED) is 0.700. The van der Waals surface area contributed by atoms with Crippen LogP contribution >= 0.6 is 0 Å². The standard InChI is InChI=1S/C22H18O7/c1-22(2)7-6-12-17(23)16-18(24)13(9-26-20(16)21(25-3)19(12)29-22)11-4-5-14-15(8-11)28-10-27-14/h4-9,23H,10H2,1-3H3. The first-order valence-electron chi connectivity index (χ1n) is 9.06. The van der Waals surface area contributed by atoms with Gasteiger partial charge in [-0.05, 0) is 43.7 Å². The molecule has 1 N–H and O–H groups in total. The molecule has 2 aliphatic heterocycles. The first-order valence-corrected chi connectivity index (χ1v) is 9.06. The average Bonchev–Trinajstić information content (AvgIpc) is 3.15. The normalized spacial score (nSPS) is 15.8. The summed E-state index contributed by atoms with van der Waals surface area (Å²) >= 11 is 0. The van der Waals surface area contributed by atoms with Crippen molar-refractivity contribution in [1.29, 1.82) is 0 Å². The summed E-state index contributed by atoms with van der Waals surface area (Å²) in [6.45, 7) is 3.90. The fourth-order valence-corrected chi connectivity index (χ4v) is 3.60. The number of phenols is 1. The van der Waals surface area contributed by atoms with E-state index < -0.39 is 5.60 Å². The van der Waals surface area contributed by atoms with E-state index in [9.17, 15) is 9.90 Å². The van der Waals surface area contributed by atoms with Gasteiger partial charge in [-0.2, -0.15) is 0 Å². The fraction of sp³-hybridized carbons (Fsp3) is 0.227. The Labute approximate surface area is 165 Å². The molecule has 0 saturated heterocycles. The van der Waals surface area contributed by atoms with Crippen LogP contribution in [-0.4, -0.2) is 24.6 Å². The Hall–Kier alpha value is -3.61. The predicted molar refractivity (Wildman–Crippen MR) is 106 cm³/mol. The molecule has 3 aromatic rings. The molecule has 0 aliphatic carbocycles. The third-order valence-corrected chi connectivity index (χ3v) is 5.05. The van der Waals surface area contributed by atoms with E-state index in [1.54, 1.807) is 24.3 Å². The smallest absolute Gasteiger partial charge is 0.231 e. The number of methoxy groups -OCH3 is 1. The number of hydrogen-bond donors (Lipinski definition) is 1. The Morgan fingerprint density at radius 2 is 1.97 bits per heavy atom. The summed E-state index contributed by atoms with van der Waals surface area (Å²) in [5.41, 5.74) is 0.408. The molecule has 0 atom stereocenters. The maximum absolute atomic E-state index is 13.3. The highest BCUT2D eigenvalue weighted by Crippen LogP contribution is 2.48. The molecule has 5 rings (SSSR count). The molecule has 2 aliphatic rings. The molecule has 7 nitrogen and oxygen atoms in total. The average molecular weight is 394 g/mol. The molecule has 7 heteroatoms. The molecule has 2 aromatic carbocycles. The largest absolute Gasteiger partial charge is 0.506 e. The lowest BCUT2D eigenvalue weighted by Gasteiger charge is -2.29. The van der Waals surface area contributed by atoms with Gasteiger partial charge in [-0.1, -0.05) is 6.07 Å². The molecule has 0 spiro atoms. The van der Waals surface area contributed by atoms with Crippen molar-refractivity contribution in [2.45, 2.75) is 19.4 Å². The third-order valence-electron chi connectivity index (χ3n) is 5.05. The van der Waals surface area contributed by atoms with E-state index >= 15 is 0 Å². The predicted octanol–water partition coefficient (Wildman–Crippen LogP) is 4.09. The first kappa shape index (κ1) is 17.5. The number of aromatic hydroxyl groups is 1. The minimum atomic E-state index is -0.590. The van der Waals surface area contributed by atoms with Crippen LogP contribution in [0.25, 0.3) is 28.2 Å². The zero-order chi connectivity index (χ0) is 20.3. The van der Waals surface area contributed by atoms with Crippen LogP contribution < -0.4 is 24.4 Å². The summed E-state index contributed by atoms with van der Waals surface area (Å²) in [4.78, 5) is 13.3. The molecule has 0 saturated carbocycles. The van der Waals surface area contributed by atoms with E-state index in [0.717, 1.165) is 0 Å². The van der Waals surface area contributed by atoms with Crippen LogP contribution in [0.5, 0.6) is 28.7 Å². The highest BCUT2D eigenvalue weighted by molar-refractivity contribution is 5.97. The minimum absolute atomic E-state index is 0.0312. The number of rotatable bonds is 2. The summed E-state index contributed by atoms with van der Waals surface area (Å²) in [6.07, 6.45) is 4.88. The number of ether oxygens (including phenoxy) is 4. The molecule has 0 amide bonds. The number of benzene rings is 2. The van der Waals surface area contributed by atoms with Gasteiger partial charge in [0.1, 0.15) is 23.0 Å². The van der Waals surface area contributed by atoms with Crippen LogP contribution in [-0.2, 0) is 0 Å². The Morgan fingerprint density at radius 1 is 1.17 bits per heavy atom. The van der Waals surface area contributed by atoms with Crippen LogP contribution in [0.2, 0.25) is 0 Å². The highest BCUT2D eigenvalue weighted by Gasteiger charge is 2.31. The van der Waals surface area contributed by atoms with Crippen molar-refractivity contribution >= 4 is 17.0 Å². The molecular weight excluding hydrogens is 376 g/mol. The molecule has 29 heavy (non-hydrogen) atoms. The van der Waals surface area contributed by atoms with Crippen LogP contribution in [0.4, 0.5) is 0 Å². The van der Waals surface area contributed by atoms with Crippen molar-refractivity contribution in [2.75, 3.05) is 13.9 Å². The lowest BCUT2D eigenvalue weighted by molar-refractivity contribution is 0.152. The van der Waals surface area contributed by atoms with E-state index in [1.165, 1.54) is 13.4 Å². The summed E-state index contributed by atoms with van der Waals surface area (Å²) < 4.78 is 27.9. The second kappa shape index (κ2) is 5.94. The molecule has 148 valence electrons. The van der Waals surface area contributed by atoms with Gasteiger partial charge in [0.25, 0.3) is 0 Å². The van der Waals surface area contributed by atoms with Gasteiger partial charge in [0.2, 0.25) is 18.0 Å². The van der Waals surface area contributed by atoms with Crippen LogP contribution in [0.1, 0.15) is 19.4 Å². The van der Waals surface area contributed by atoms with Gasteiger partial charge in [0.05, 0.1) is 18.2 Å². The third kappa shape index (κ3) is 2.54. The van der Waals surface area contributed by atoms with Gasteiger partial charge in [-0.15, -0.1) is 0 Å². The van der Waals surface area contributed by atoms with Gasteiger partial charge >= 0.3 is 0 Å². The summed E-state index contributed by atoms with van der Waals surface area (Å²) in [7, 11) is 1.46. The minimum Gasteiger partial charge on any atom is -0.506 e. The summed E-state index contributed by atoms with van der Waals surface area (Å²) in [6, 6.07) is 5.18. The Bertz CT molecular complexity index is 1250. The monoisotopic (exact) mass is 394 g/mol. The van der Waals surface area contributed by atoms with E-state index in [-0.39, 0.29) is 40.3 Å². The zero-order valence-corrected chi connectivity index (χ0v) is 16.1. The van der Waals surface area contributed by atoms with Gasteiger partial charge in [-0.3, -0.25) is 4.79 Å². The van der Waals surface area contributed by atoms with E-state index in [4.69, 9.17) is 23.4 Å². The lowest BCUT2D eigenvalue weighted by Crippen LogP contribution is -2.28. The number of hydrogen-bond acceptors (Lipinski definition) is 7. The Kier molecular flexibility index (Phi) is 3.58. The topological polar surface area (TPSA) is 87.4 Å². The fourth-order valence-electron chi connectivity index (χ4n) is 3.60.